The average molecular weight is 415 g/mol. The molecule has 0 bridgehead atoms. The normalized spacial score (nSPS) is 20.4. The lowest BCUT2D eigenvalue weighted by Gasteiger charge is -2.30. The van der Waals surface area contributed by atoms with Crippen molar-refractivity contribution in [3.63, 3.8) is 0 Å². The van der Waals surface area contributed by atoms with Gasteiger partial charge in [0.25, 0.3) is 5.97 Å². The molecule has 1 rings (SSSR count). The quantitative estimate of drug-likeness (QED) is 0.461. The zero-order valence-corrected chi connectivity index (χ0v) is 20.7. The first kappa shape index (κ1) is 22.9. The van der Waals surface area contributed by atoms with Gasteiger partial charge in [-0.25, -0.2) is 4.79 Å². The molecule has 0 fully saturated rings. The molecular formula is C18H34O5Si3. The Kier molecular flexibility index (Phi) is 7.28. The van der Waals surface area contributed by atoms with Gasteiger partial charge in [-0.2, -0.15) is 0 Å². The topological polar surface area (TPSA) is 61.8 Å². The summed E-state index contributed by atoms with van der Waals surface area (Å²) in [6, 6.07) is 0. The maximum atomic E-state index is 12.6. The van der Waals surface area contributed by atoms with E-state index in [1.807, 2.05) is 45.4 Å². The molecule has 0 saturated carbocycles. The van der Waals surface area contributed by atoms with Gasteiger partial charge in [0.05, 0.1) is 11.7 Å². The monoisotopic (exact) mass is 414 g/mol. The minimum Gasteiger partial charge on any atom is -0.547 e. The van der Waals surface area contributed by atoms with Crippen LogP contribution < -0.4 is 0 Å². The van der Waals surface area contributed by atoms with Crippen LogP contribution in [0.5, 0.6) is 0 Å². The Bertz CT molecular complexity index is 604. The SMILES string of the molecule is C[Si](C)(C)OC(=O)C=C1CC(O[Si](C)(C)C)=CCC1C(=O)O[Si](C)(C)C. The lowest BCUT2D eigenvalue weighted by Crippen LogP contribution is -2.35. The van der Waals surface area contributed by atoms with E-state index < -0.39 is 30.9 Å². The van der Waals surface area contributed by atoms with E-state index in [0.717, 1.165) is 11.3 Å². The Morgan fingerprint density at radius 3 is 1.92 bits per heavy atom. The Labute approximate surface area is 161 Å². The smallest absolute Gasteiger partial charge is 0.317 e. The molecule has 0 radical (unpaired) electrons. The van der Waals surface area contributed by atoms with Crippen LogP contribution in [0.2, 0.25) is 58.9 Å². The molecule has 0 aromatic rings. The molecule has 1 aliphatic carbocycles. The summed E-state index contributed by atoms with van der Waals surface area (Å²) in [5, 5.41) is 0. The molecule has 0 heterocycles. The molecule has 26 heavy (non-hydrogen) atoms. The Morgan fingerprint density at radius 1 is 0.923 bits per heavy atom. The minimum atomic E-state index is -2.00. The van der Waals surface area contributed by atoms with Crippen LogP contribution >= 0.6 is 0 Å². The van der Waals surface area contributed by atoms with Gasteiger partial charge in [-0.3, -0.25) is 4.79 Å². The van der Waals surface area contributed by atoms with Crippen molar-refractivity contribution in [2.75, 3.05) is 0 Å². The van der Waals surface area contributed by atoms with Crippen molar-refractivity contribution in [2.24, 2.45) is 5.92 Å². The standard InChI is InChI=1S/C18H34O5Si3/c1-24(2,3)21-15-10-11-16(18(20)23-26(7,8)9)14(12-15)13-17(19)22-25(4,5)6/h10,13,16H,11-12H2,1-9H3. The van der Waals surface area contributed by atoms with Gasteiger partial charge in [-0.1, -0.05) is 0 Å². The van der Waals surface area contributed by atoms with Crippen LogP contribution in [0.4, 0.5) is 0 Å². The van der Waals surface area contributed by atoms with Crippen LogP contribution in [-0.2, 0) is 22.9 Å². The van der Waals surface area contributed by atoms with Crippen molar-refractivity contribution in [3.05, 3.63) is 23.5 Å². The molecule has 1 unspecified atom stereocenters. The fourth-order valence-corrected chi connectivity index (χ4v) is 4.87. The molecule has 0 aliphatic heterocycles. The summed E-state index contributed by atoms with van der Waals surface area (Å²) < 4.78 is 17.3. The van der Waals surface area contributed by atoms with Crippen LogP contribution in [0.15, 0.2) is 23.5 Å². The van der Waals surface area contributed by atoms with Crippen molar-refractivity contribution >= 4 is 36.9 Å². The van der Waals surface area contributed by atoms with Crippen LogP contribution in [0.3, 0.4) is 0 Å². The largest absolute Gasteiger partial charge is 0.547 e. The van der Waals surface area contributed by atoms with Gasteiger partial charge >= 0.3 is 5.97 Å². The van der Waals surface area contributed by atoms with E-state index in [1.54, 1.807) is 0 Å². The Hall–Kier alpha value is -1.13. The fourth-order valence-electron chi connectivity index (χ4n) is 2.52. The van der Waals surface area contributed by atoms with Crippen molar-refractivity contribution in [2.45, 2.75) is 71.8 Å². The van der Waals surface area contributed by atoms with Crippen LogP contribution in [-0.4, -0.2) is 36.9 Å². The first-order valence-electron chi connectivity index (χ1n) is 9.10. The van der Waals surface area contributed by atoms with E-state index in [1.165, 1.54) is 6.08 Å². The molecule has 0 amide bonds. The van der Waals surface area contributed by atoms with Crippen molar-refractivity contribution < 1.29 is 22.9 Å². The molecule has 148 valence electrons. The van der Waals surface area contributed by atoms with Crippen molar-refractivity contribution in [3.8, 4) is 0 Å². The summed E-state index contributed by atoms with van der Waals surface area (Å²) >= 11 is 0. The Balaban J connectivity index is 3.08. The van der Waals surface area contributed by atoms with E-state index in [0.29, 0.717) is 12.8 Å². The van der Waals surface area contributed by atoms with Crippen molar-refractivity contribution in [1.29, 1.82) is 0 Å². The van der Waals surface area contributed by atoms with E-state index in [9.17, 15) is 9.59 Å². The van der Waals surface area contributed by atoms with E-state index >= 15 is 0 Å². The summed E-state index contributed by atoms with van der Waals surface area (Å²) in [4.78, 5) is 25.0. The van der Waals surface area contributed by atoms with Gasteiger partial charge in [0.2, 0.25) is 25.0 Å². The van der Waals surface area contributed by atoms with E-state index in [2.05, 4.69) is 19.6 Å². The summed E-state index contributed by atoms with van der Waals surface area (Å²) in [5.41, 5.74) is 0.729. The summed E-state index contributed by atoms with van der Waals surface area (Å²) in [7, 11) is -5.74. The zero-order chi connectivity index (χ0) is 20.3. The lowest BCUT2D eigenvalue weighted by atomic mass is 9.87. The van der Waals surface area contributed by atoms with Gasteiger partial charge in [-0.15, -0.1) is 0 Å². The third-order valence-electron chi connectivity index (χ3n) is 3.25. The molecule has 0 spiro atoms. The number of allylic oxidation sites excluding steroid dienone is 2. The van der Waals surface area contributed by atoms with Crippen LogP contribution in [0, 0.1) is 5.92 Å². The van der Waals surface area contributed by atoms with Gasteiger partial charge in [0.1, 0.15) is 0 Å². The highest BCUT2D eigenvalue weighted by Gasteiger charge is 2.33. The maximum absolute atomic E-state index is 12.6. The van der Waals surface area contributed by atoms with Crippen molar-refractivity contribution in [1.82, 2.24) is 0 Å². The third-order valence-corrected chi connectivity index (χ3v) is 5.75. The molecule has 5 nitrogen and oxygen atoms in total. The Morgan fingerprint density at radius 2 is 1.46 bits per heavy atom. The number of rotatable bonds is 6. The van der Waals surface area contributed by atoms with Gasteiger partial charge < -0.3 is 13.3 Å². The fraction of sp³-hybridized carbons (Fsp3) is 0.667. The van der Waals surface area contributed by atoms with Gasteiger partial charge in [0, 0.05) is 12.5 Å². The molecule has 1 aliphatic rings. The number of hydrogen-bond acceptors (Lipinski definition) is 5. The summed E-state index contributed by atoms with van der Waals surface area (Å²) in [6.07, 6.45) is 4.40. The molecule has 8 heteroatoms. The second-order valence-corrected chi connectivity index (χ2v) is 22.9. The second-order valence-electron chi connectivity index (χ2n) is 9.64. The second kappa shape index (κ2) is 8.26. The van der Waals surface area contributed by atoms with Crippen LogP contribution in [0.25, 0.3) is 0 Å². The van der Waals surface area contributed by atoms with Gasteiger partial charge in [0.15, 0.2) is 0 Å². The van der Waals surface area contributed by atoms with Crippen LogP contribution in [0.1, 0.15) is 12.8 Å². The predicted octanol–water partition coefficient (Wildman–Crippen LogP) is 4.81. The third kappa shape index (κ3) is 9.00. The molecule has 0 N–H and O–H groups in total. The first-order chi connectivity index (χ1) is 11.6. The van der Waals surface area contributed by atoms with E-state index in [4.69, 9.17) is 13.3 Å². The highest BCUT2D eigenvalue weighted by molar-refractivity contribution is 6.71. The highest BCUT2D eigenvalue weighted by Crippen LogP contribution is 2.33. The first-order valence-corrected chi connectivity index (χ1v) is 19.3. The van der Waals surface area contributed by atoms with E-state index in [-0.39, 0.29) is 11.9 Å². The highest BCUT2D eigenvalue weighted by atomic mass is 28.4. The lowest BCUT2D eigenvalue weighted by molar-refractivity contribution is -0.138. The minimum absolute atomic E-state index is 0.250. The molecule has 0 aromatic carbocycles. The molecule has 1 atom stereocenters. The predicted molar refractivity (Wildman–Crippen MR) is 112 cm³/mol. The summed E-state index contributed by atoms with van der Waals surface area (Å²) in [6.45, 7) is 18.2. The molecule has 0 saturated heterocycles. The molecule has 0 aromatic heterocycles. The van der Waals surface area contributed by atoms with Gasteiger partial charge in [-0.05, 0) is 77.0 Å². The maximum Gasteiger partial charge on any atom is 0.317 e. The number of carbonyl (C=O) groups excluding carboxylic acids is 2. The molecular weight excluding hydrogens is 380 g/mol. The number of hydrogen-bond donors (Lipinski definition) is 0. The number of carbonyl (C=O) groups is 2. The summed E-state index contributed by atoms with van der Waals surface area (Å²) in [5.74, 6) is -0.225. The average Bonchev–Trinajstić information content (AvgIpc) is 2.31. The zero-order valence-electron chi connectivity index (χ0n) is 17.7.